The van der Waals surface area contributed by atoms with Crippen molar-refractivity contribution in [1.82, 2.24) is 19.4 Å². The van der Waals surface area contributed by atoms with Crippen molar-refractivity contribution >= 4 is 17.4 Å². The van der Waals surface area contributed by atoms with Crippen LogP contribution in [0.1, 0.15) is 42.2 Å². The van der Waals surface area contributed by atoms with Gasteiger partial charge in [-0.2, -0.15) is 0 Å². The minimum absolute atomic E-state index is 0.0251. The van der Waals surface area contributed by atoms with Crippen molar-refractivity contribution in [3.8, 4) is 0 Å². The minimum atomic E-state index is 0.0251. The number of amides is 1. The highest BCUT2D eigenvalue weighted by atomic mass is 32.1. The van der Waals surface area contributed by atoms with Gasteiger partial charge in [0.15, 0.2) is 5.69 Å². The molecule has 1 fully saturated rings. The van der Waals surface area contributed by atoms with Crippen molar-refractivity contribution < 1.29 is 4.79 Å². The van der Waals surface area contributed by atoms with Crippen molar-refractivity contribution in [3.05, 3.63) is 47.0 Å². The van der Waals surface area contributed by atoms with E-state index in [4.69, 9.17) is 0 Å². The topological polar surface area (TPSA) is 49.3 Å². The first kappa shape index (κ1) is 17.0. The summed E-state index contributed by atoms with van der Waals surface area (Å²) in [5.74, 6) is 0.0251. The van der Waals surface area contributed by atoms with Crippen molar-refractivity contribution in [2.45, 2.75) is 38.8 Å². The van der Waals surface area contributed by atoms with E-state index in [9.17, 15) is 4.79 Å². The predicted octanol–water partition coefficient (Wildman–Crippen LogP) is 3.05. The third-order valence-electron chi connectivity index (χ3n) is 4.47. The van der Waals surface area contributed by atoms with Gasteiger partial charge >= 0.3 is 0 Å². The highest BCUT2D eigenvalue weighted by molar-refractivity contribution is 7.03. The summed E-state index contributed by atoms with van der Waals surface area (Å²) in [6, 6.07) is 10.8. The summed E-state index contributed by atoms with van der Waals surface area (Å²) in [5.41, 5.74) is 1.81. The Morgan fingerprint density at radius 3 is 2.92 bits per heavy atom. The van der Waals surface area contributed by atoms with Gasteiger partial charge in [-0.1, -0.05) is 41.7 Å². The fourth-order valence-electron chi connectivity index (χ4n) is 3.37. The van der Waals surface area contributed by atoms with Crippen LogP contribution in [0.3, 0.4) is 0 Å². The number of hydrogen-bond donors (Lipinski definition) is 0. The fraction of sp³-hybridized carbons (Fsp3) is 0.500. The van der Waals surface area contributed by atoms with Crippen LogP contribution in [0.15, 0.2) is 35.7 Å². The lowest BCUT2D eigenvalue weighted by Crippen LogP contribution is -2.50. The van der Waals surface area contributed by atoms with E-state index in [1.165, 1.54) is 17.1 Å². The summed E-state index contributed by atoms with van der Waals surface area (Å²) >= 11 is 1.23. The Kier molecular flexibility index (Phi) is 5.93. The molecule has 128 valence electrons. The van der Waals surface area contributed by atoms with E-state index in [-0.39, 0.29) is 11.9 Å². The first-order valence-electron chi connectivity index (χ1n) is 8.62. The van der Waals surface area contributed by atoms with Crippen LogP contribution in [-0.4, -0.2) is 51.0 Å². The number of aromatic nitrogens is 2. The van der Waals surface area contributed by atoms with Gasteiger partial charge in [0.2, 0.25) is 0 Å². The Balaban J connectivity index is 1.67. The molecule has 6 heteroatoms. The van der Waals surface area contributed by atoms with Gasteiger partial charge in [-0.15, -0.1) is 5.10 Å². The smallest absolute Gasteiger partial charge is 0.275 e. The molecule has 0 bridgehead atoms. The zero-order valence-electron chi connectivity index (χ0n) is 14.1. The zero-order chi connectivity index (χ0) is 16.8. The molecular formula is C18H24N4OS. The largest absolute Gasteiger partial charge is 0.333 e. The lowest BCUT2D eigenvalue weighted by molar-refractivity contribution is 0.0529. The number of benzene rings is 1. The summed E-state index contributed by atoms with van der Waals surface area (Å²) < 4.78 is 3.84. The molecule has 5 nitrogen and oxygen atoms in total. The number of nitrogens with zero attached hydrogens (tertiary/aromatic N) is 4. The van der Waals surface area contributed by atoms with Crippen LogP contribution in [0.4, 0.5) is 0 Å². The van der Waals surface area contributed by atoms with Crippen LogP contribution in [0.2, 0.25) is 0 Å². The molecule has 1 amide bonds. The van der Waals surface area contributed by atoms with E-state index >= 15 is 0 Å². The van der Waals surface area contributed by atoms with E-state index in [2.05, 4.69) is 45.7 Å². The molecule has 0 radical (unpaired) electrons. The highest BCUT2D eigenvalue weighted by Crippen LogP contribution is 2.20. The van der Waals surface area contributed by atoms with Gasteiger partial charge in [0.25, 0.3) is 5.91 Å². The van der Waals surface area contributed by atoms with Crippen LogP contribution >= 0.6 is 11.5 Å². The van der Waals surface area contributed by atoms with Crippen LogP contribution in [-0.2, 0) is 6.54 Å². The standard InChI is InChI=1S/C18H24N4OS/c1-2-10-22(18(23)17-14-24-20-19-17)16-9-6-11-21(13-16)12-15-7-4-3-5-8-15/h3-5,7-8,14,16H,2,6,9-13H2,1H3/t16-/m1/s1. The predicted molar refractivity (Wildman–Crippen MR) is 96.0 cm³/mol. The molecule has 1 aliphatic heterocycles. The van der Waals surface area contributed by atoms with E-state index < -0.39 is 0 Å². The van der Waals surface area contributed by atoms with Gasteiger partial charge in [0.05, 0.1) is 0 Å². The van der Waals surface area contributed by atoms with Gasteiger partial charge in [0.1, 0.15) is 0 Å². The molecule has 0 aliphatic carbocycles. The summed E-state index contributed by atoms with van der Waals surface area (Å²) in [6.45, 7) is 5.87. The number of hydrogen-bond acceptors (Lipinski definition) is 5. The lowest BCUT2D eigenvalue weighted by atomic mass is 10.0. The van der Waals surface area contributed by atoms with E-state index in [0.717, 1.165) is 45.4 Å². The number of carbonyl (C=O) groups is 1. The van der Waals surface area contributed by atoms with Gasteiger partial charge in [-0.3, -0.25) is 9.69 Å². The van der Waals surface area contributed by atoms with Crippen LogP contribution < -0.4 is 0 Å². The molecule has 1 aliphatic rings. The monoisotopic (exact) mass is 344 g/mol. The van der Waals surface area contributed by atoms with Crippen molar-refractivity contribution in [1.29, 1.82) is 0 Å². The first-order valence-corrected chi connectivity index (χ1v) is 9.46. The molecular weight excluding hydrogens is 320 g/mol. The Hall–Kier alpha value is -1.79. The van der Waals surface area contributed by atoms with Crippen LogP contribution in [0, 0.1) is 0 Å². The zero-order valence-corrected chi connectivity index (χ0v) is 14.9. The second-order valence-corrected chi connectivity index (χ2v) is 6.92. The molecule has 1 aromatic heterocycles. The molecule has 2 aromatic rings. The van der Waals surface area contributed by atoms with Crippen LogP contribution in [0.5, 0.6) is 0 Å². The SMILES string of the molecule is CCCN(C(=O)c1csnn1)[C@@H]1CCCN(Cc2ccccc2)C1. The molecule has 1 atom stereocenters. The molecule has 0 unspecified atom stereocenters. The maximum atomic E-state index is 12.8. The van der Waals surface area contributed by atoms with Crippen molar-refractivity contribution in [2.24, 2.45) is 0 Å². The molecule has 3 rings (SSSR count). The van der Waals surface area contributed by atoms with E-state index in [0.29, 0.717) is 5.69 Å². The molecule has 1 aromatic carbocycles. The summed E-state index contributed by atoms with van der Waals surface area (Å²) in [4.78, 5) is 17.2. The summed E-state index contributed by atoms with van der Waals surface area (Å²) in [5, 5.41) is 5.71. The third kappa shape index (κ3) is 4.19. The average Bonchev–Trinajstić information content (AvgIpc) is 3.15. The van der Waals surface area contributed by atoms with Crippen molar-refractivity contribution in [3.63, 3.8) is 0 Å². The van der Waals surface area contributed by atoms with Crippen LogP contribution in [0.25, 0.3) is 0 Å². The first-order chi connectivity index (χ1) is 11.8. The average molecular weight is 344 g/mol. The van der Waals surface area contributed by atoms with E-state index in [1.54, 1.807) is 5.38 Å². The molecule has 0 N–H and O–H groups in total. The molecule has 2 heterocycles. The second-order valence-electron chi connectivity index (χ2n) is 6.31. The maximum absolute atomic E-state index is 12.8. The van der Waals surface area contributed by atoms with Gasteiger partial charge in [0, 0.05) is 31.1 Å². The van der Waals surface area contributed by atoms with E-state index in [1.807, 2.05) is 11.0 Å². The quantitative estimate of drug-likeness (QED) is 0.808. The van der Waals surface area contributed by atoms with Crippen molar-refractivity contribution in [2.75, 3.05) is 19.6 Å². The summed E-state index contributed by atoms with van der Waals surface area (Å²) in [6.07, 6.45) is 3.15. The molecule has 0 spiro atoms. The Bertz CT molecular complexity index is 632. The number of likely N-dealkylation sites (tertiary alicyclic amines) is 1. The number of piperidine rings is 1. The molecule has 0 saturated carbocycles. The normalized spacial score (nSPS) is 18.5. The minimum Gasteiger partial charge on any atom is -0.333 e. The van der Waals surface area contributed by atoms with Gasteiger partial charge < -0.3 is 4.90 Å². The fourth-order valence-corrected chi connectivity index (χ4v) is 3.80. The second kappa shape index (κ2) is 8.35. The number of carbonyl (C=O) groups excluding carboxylic acids is 1. The summed E-state index contributed by atoms with van der Waals surface area (Å²) in [7, 11) is 0. The molecule has 1 saturated heterocycles. The Labute approximate surface area is 147 Å². The lowest BCUT2D eigenvalue weighted by Gasteiger charge is -2.39. The van der Waals surface area contributed by atoms with Gasteiger partial charge in [-0.25, -0.2) is 0 Å². The maximum Gasteiger partial charge on any atom is 0.275 e. The highest BCUT2D eigenvalue weighted by Gasteiger charge is 2.29. The Morgan fingerprint density at radius 1 is 1.38 bits per heavy atom. The Morgan fingerprint density at radius 2 is 2.21 bits per heavy atom. The number of rotatable bonds is 6. The third-order valence-corrected chi connectivity index (χ3v) is 4.98. The van der Waals surface area contributed by atoms with Gasteiger partial charge in [-0.05, 0) is 42.9 Å². The molecule has 24 heavy (non-hydrogen) atoms.